The van der Waals surface area contributed by atoms with Crippen LogP contribution in [0.5, 0.6) is 0 Å². The summed E-state index contributed by atoms with van der Waals surface area (Å²) in [4.78, 5) is 31.1. The van der Waals surface area contributed by atoms with Gasteiger partial charge in [0.05, 0.1) is 6.54 Å². The van der Waals surface area contributed by atoms with Crippen molar-refractivity contribution in [3.63, 3.8) is 0 Å². The van der Waals surface area contributed by atoms with Crippen LogP contribution in [0, 0.1) is 0 Å². The summed E-state index contributed by atoms with van der Waals surface area (Å²) in [5.41, 5.74) is -0.145. The lowest BCUT2D eigenvalue weighted by Gasteiger charge is -2.14. The Balaban J connectivity index is 2.09. The molecule has 2 rings (SSSR count). The normalized spacial score (nSPS) is 10.2. The minimum Gasteiger partial charge on any atom is -0.347 e. The predicted molar refractivity (Wildman–Crippen MR) is 59.2 cm³/mol. The van der Waals surface area contributed by atoms with Gasteiger partial charge < -0.3 is 9.88 Å². The first-order chi connectivity index (χ1) is 8.16. The van der Waals surface area contributed by atoms with Crippen LogP contribution in [0.1, 0.15) is 16.3 Å². The number of imidazole rings is 1. The van der Waals surface area contributed by atoms with E-state index < -0.39 is 0 Å². The van der Waals surface area contributed by atoms with Gasteiger partial charge in [0.25, 0.3) is 11.5 Å². The highest BCUT2D eigenvalue weighted by Gasteiger charge is 2.14. The van der Waals surface area contributed by atoms with Gasteiger partial charge in [-0.25, -0.2) is 10.1 Å². The smallest absolute Gasteiger partial charge is 0.274 e. The van der Waals surface area contributed by atoms with Crippen molar-refractivity contribution in [2.45, 2.75) is 6.54 Å². The van der Waals surface area contributed by atoms with Gasteiger partial charge >= 0.3 is 0 Å². The number of nitrogens with zero attached hydrogens (tertiary/aromatic N) is 3. The Labute approximate surface area is 96.5 Å². The van der Waals surface area contributed by atoms with Gasteiger partial charge in [0.1, 0.15) is 11.5 Å². The fraction of sp³-hybridized carbons (Fsp3) is 0.200. The lowest BCUT2D eigenvalue weighted by atomic mass is 10.3. The van der Waals surface area contributed by atoms with Crippen LogP contribution in [0.15, 0.2) is 29.3 Å². The molecular formula is C10H11N5O2. The SMILES string of the molecule is CN(Cc1ncc[nH]1)C(=O)c1ccc(=O)[nH]n1. The number of rotatable bonds is 3. The molecule has 88 valence electrons. The van der Waals surface area contributed by atoms with Crippen LogP contribution < -0.4 is 5.56 Å². The Hall–Kier alpha value is -2.44. The number of carbonyl (C=O) groups is 1. The van der Waals surface area contributed by atoms with E-state index in [1.165, 1.54) is 17.0 Å². The quantitative estimate of drug-likeness (QED) is 0.765. The van der Waals surface area contributed by atoms with Gasteiger partial charge in [0.2, 0.25) is 0 Å². The Morgan fingerprint density at radius 2 is 2.29 bits per heavy atom. The molecule has 2 heterocycles. The fourth-order valence-corrected chi connectivity index (χ4v) is 1.34. The highest BCUT2D eigenvalue weighted by Crippen LogP contribution is 2.01. The third-order valence-corrected chi connectivity index (χ3v) is 2.19. The van der Waals surface area contributed by atoms with Gasteiger partial charge in [-0.15, -0.1) is 0 Å². The summed E-state index contributed by atoms with van der Waals surface area (Å²) in [7, 11) is 1.64. The molecule has 0 aromatic carbocycles. The standard InChI is InChI=1S/C10H11N5O2/c1-15(6-8-11-4-5-12-8)10(17)7-2-3-9(16)14-13-7/h2-5H,6H2,1H3,(H,11,12)(H,14,16). The van der Waals surface area contributed by atoms with Crippen LogP contribution in [-0.2, 0) is 6.54 Å². The van der Waals surface area contributed by atoms with Crippen molar-refractivity contribution in [3.8, 4) is 0 Å². The molecule has 2 aromatic heterocycles. The Kier molecular flexibility index (Phi) is 2.99. The summed E-state index contributed by atoms with van der Waals surface area (Å²) in [6.45, 7) is 0.354. The van der Waals surface area contributed by atoms with Crippen LogP contribution in [0.3, 0.4) is 0 Å². The van der Waals surface area contributed by atoms with E-state index in [0.717, 1.165) is 0 Å². The average molecular weight is 233 g/mol. The second-order valence-electron chi connectivity index (χ2n) is 3.50. The predicted octanol–water partition coefficient (Wildman–Crippen LogP) is -0.235. The molecule has 2 N–H and O–H groups in total. The summed E-state index contributed by atoms with van der Waals surface area (Å²) in [6.07, 6.45) is 3.30. The van der Waals surface area contributed by atoms with Crippen molar-refractivity contribution in [2.24, 2.45) is 0 Å². The van der Waals surface area contributed by atoms with Gasteiger partial charge in [-0.1, -0.05) is 0 Å². The largest absolute Gasteiger partial charge is 0.347 e. The van der Waals surface area contributed by atoms with E-state index in [1.807, 2.05) is 0 Å². The minimum atomic E-state index is -0.338. The topological polar surface area (TPSA) is 94.7 Å². The highest BCUT2D eigenvalue weighted by molar-refractivity contribution is 5.91. The van der Waals surface area contributed by atoms with Crippen LogP contribution >= 0.6 is 0 Å². The highest BCUT2D eigenvalue weighted by atomic mass is 16.2. The maximum Gasteiger partial charge on any atom is 0.274 e. The lowest BCUT2D eigenvalue weighted by Crippen LogP contribution is -2.28. The zero-order valence-corrected chi connectivity index (χ0v) is 9.17. The third-order valence-electron chi connectivity index (χ3n) is 2.19. The first-order valence-corrected chi connectivity index (χ1v) is 4.96. The number of H-pyrrole nitrogens is 2. The molecule has 0 saturated heterocycles. The van der Waals surface area contributed by atoms with Crippen molar-refractivity contribution in [2.75, 3.05) is 7.05 Å². The molecule has 1 amide bonds. The monoisotopic (exact) mass is 233 g/mol. The summed E-state index contributed by atoms with van der Waals surface area (Å²) in [5.74, 6) is 0.405. The van der Waals surface area contributed by atoms with E-state index in [0.29, 0.717) is 12.4 Å². The van der Waals surface area contributed by atoms with Gasteiger partial charge in [-0.3, -0.25) is 9.59 Å². The number of hydrogen-bond donors (Lipinski definition) is 2. The maximum atomic E-state index is 11.9. The zero-order valence-electron chi connectivity index (χ0n) is 9.17. The number of hydrogen-bond acceptors (Lipinski definition) is 4. The fourth-order valence-electron chi connectivity index (χ4n) is 1.34. The molecule has 0 radical (unpaired) electrons. The molecule has 0 spiro atoms. The van der Waals surface area contributed by atoms with Gasteiger partial charge in [0.15, 0.2) is 0 Å². The van der Waals surface area contributed by atoms with Crippen molar-refractivity contribution < 1.29 is 4.79 Å². The van der Waals surface area contributed by atoms with E-state index >= 15 is 0 Å². The molecule has 0 aliphatic rings. The van der Waals surface area contributed by atoms with Crippen molar-refractivity contribution in [3.05, 3.63) is 46.4 Å². The van der Waals surface area contributed by atoms with Crippen LogP contribution in [0.4, 0.5) is 0 Å². The molecular weight excluding hydrogens is 222 g/mol. The molecule has 7 nitrogen and oxygen atoms in total. The second-order valence-corrected chi connectivity index (χ2v) is 3.50. The van der Waals surface area contributed by atoms with Crippen LogP contribution in [0.25, 0.3) is 0 Å². The number of carbonyl (C=O) groups excluding carboxylic acids is 1. The minimum absolute atomic E-state index is 0.193. The van der Waals surface area contributed by atoms with Crippen molar-refractivity contribution in [1.29, 1.82) is 0 Å². The number of nitrogens with one attached hydrogen (secondary N) is 2. The third kappa shape index (κ3) is 2.57. The maximum absolute atomic E-state index is 11.9. The Bertz CT molecular complexity index is 540. The van der Waals surface area contributed by atoms with Crippen molar-refractivity contribution >= 4 is 5.91 Å². The second kappa shape index (κ2) is 4.60. The molecule has 7 heteroatoms. The van der Waals surface area contributed by atoms with Gasteiger partial charge in [-0.2, -0.15) is 5.10 Å². The average Bonchev–Trinajstić information content (AvgIpc) is 2.82. The first kappa shape index (κ1) is 11.1. The molecule has 0 unspecified atom stereocenters. The zero-order chi connectivity index (χ0) is 12.3. The molecule has 0 saturated carbocycles. The number of aromatic nitrogens is 4. The lowest BCUT2D eigenvalue weighted by molar-refractivity contribution is 0.0774. The Morgan fingerprint density at radius 3 is 2.88 bits per heavy atom. The molecule has 0 atom stereocenters. The van der Waals surface area contributed by atoms with E-state index in [9.17, 15) is 9.59 Å². The summed E-state index contributed by atoms with van der Waals surface area (Å²) in [6, 6.07) is 2.65. The van der Waals surface area contributed by atoms with Gasteiger partial charge in [0, 0.05) is 25.5 Å². The number of amides is 1. The van der Waals surface area contributed by atoms with Crippen LogP contribution in [0.2, 0.25) is 0 Å². The molecule has 2 aromatic rings. The summed E-state index contributed by atoms with van der Waals surface area (Å²) < 4.78 is 0. The first-order valence-electron chi connectivity index (χ1n) is 4.96. The number of aromatic amines is 2. The molecule has 0 aliphatic carbocycles. The van der Waals surface area contributed by atoms with E-state index in [4.69, 9.17) is 0 Å². The van der Waals surface area contributed by atoms with E-state index in [2.05, 4.69) is 20.2 Å². The van der Waals surface area contributed by atoms with E-state index in [1.54, 1.807) is 19.4 Å². The Morgan fingerprint density at radius 1 is 1.47 bits per heavy atom. The molecule has 0 fully saturated rings. The van der Waals surface area contributed by atoms with Gasteiger partial charge in [-0.05, 0) is 6.07 Å². The molecule has 17 heavy (non-hydrogen) atoms. The van der Waals surface area contributed by atoms with Crippen LogP contribution in [-0.4, -0.2) is 38.0 Å². The van der Waals surface area contributed by atoms with E-state index in [-0.39, 0.29) is 17.2 Å². The van der Waals surface area contributed by atoms with Crippen molar-refractivity contribution in [1.82, 2.24) is 25.1 Å². The summed E-state index contributed by atoms with van der Waals surface area (Å²) in [5, 5.41) is 5.89. The molecule has 0 bridgehead atoms. The summed E-state index contributed by atoms with van der Waals surface area (Å²) >= 11 is 0. The molecule has 0 aliphatic heterocycles.